The summed E-state index contributed by atoms with van der Waals surface area (Å²) in [5.41, 5.74) is 1.64. The molecule has 254 valence electrons. The molecule has 2 N–H and O–H groups in total. The van der Waals surface area contributed by atoms with Crippen LogP contribution in [0, 0.1) is 0 Å². The number of phenolic OH excluding ortho intramolecular Hbond substituents is 1. The van der Waals surface area contributed by atoms with Crippen LogP contribution in [0.1, 0.15) is 28.4 Å². The first kappa shape index (κ1) is 37.5. The molecule has 0 saturated carbocycles. The van der Waals surface area contributed by atoms with Crippen molar-refractivity contribution in [2.75, 3.05) is 27.4 Å². The number of benzene rings is 4. The number of phenols is 1. The van der Waals surface area contributed by atoms with Gasteiger partial charge < -0.3 is 29.1 Å². The van der Waals surface area contributed by atoms with Gasteiger partial charge in [-0.1, -0.05) is 48.5 Å². The minimum Gasteiger partial charge on any atom is -0.504 e. The molecule has 8 nitrogen and oxygen atoms in total. The lowest BCUT2D eigenvalue weighted by Crippen LogP contribution is -2.31. The molecule has 0 aliphatic rings. The second-order valence-corrected chi connectivity index (χ2v) is 10.5. The van der Waals surface area contributed by atoms with E-state index in [1.807, 2.05) is 13.0 Å². The SMILES string of the molecule is CC(Cc1cccc(C(F)(F)F)c1)NCCOC(=O)c1ccccc1.COc1ccc(-c2coc3c(OC)c(O)ccc3c2=O)cc1.Cl. The Kier molecular flexibility index (Phi) is 13.5. The predicted octanol–water partition coefficient (Wildman–Crippen LogP) is 7.69. The number of hydrogen-bond donors (Lipinski definition) is 2. The van der Waals surface area contributed by atoms with Gasteiger partial charge in [-0.2, -0.15) is 13.2 Å². The third-order valence-electron chi connectivity index (χ3n) is 7.11. The first-order valence-electron chi connectivity index (χ1n) is 14.6. The van der Waals surface area contributed by atoms with E-state index in [1.54, 1.807) is 61.7 Å². The van der Waals surface area contributed by atoms with Gasteiger partial charge in [0.2, 0.25) is 11.2 Å². The van der Waals surface area contributed by atoms with Gasteiger partial charge >= 0.3 is 12.1 Å². The van der Waals surface area contributed by atoms with E-state index >= 15 is 0 Å². The molecule has 1 unspecified atom stereocenters. The zero-order valence-electron chi connectivity index (χ0n) is 26.4. The Hall–Kier alpha value is -5.00. The van der Waals surface area contributed by atoms with Crippen molar-refractivity contribution < 1.29 is 41.7 Å². The summed E-state index contributed by atoms with van der Waals surface area (Å²) in [5.74, 6) is 0.389. The Morgan fingerprint density at radius 2 is 1.65 bits per heavy atom. The number of methoxy groups -OCH3 is 2. The average Bonchev–Trinajstić information content (AvgIpc) is 3.07. The first-order chi connectivity index (χ1) is 22.5. The molecule has 0 radical (unpaired) electrons. The summed E-state index contributed by atoms with van der Waals surface area (Å²) in [6.07, 6.45) is -2.51. The third kappa shape index (κ3) is 9.76. The number of fused-ring (bicyclic) bond motifs is 1. The zero-order valence-corrected chi connectivity index (χ0v) is 27.2. The van der Waals surface area contributed by atoms with E-state index in [0.717, 1.165) is 17.7 Å². The van der Waals surface area contributed by atoms with Gasteiger partial charge in [0.15, 0.2) is 11.3 Å². The van der Waals surface area contributed by atoms with E-state index < -0.39 is 17.7 Å². The van der Waals surface area contributed by atoms with Gasteiger partial charge in [-0.3, -0.25) is 4.79 Å². The molecule has 5 aromatic rings. The maximum absolute atomic E-state index is 12.7. The molecule has 4 aromatic carbocycles. The Balaban J connectivity index is 0.000000257. The molecule has 1 atom stereocenters. The molecule has 0 bridgehead atoms. The van der Waals surface area contributed by atoms with E-state index in [0.29, 0.717) is 40.8 Å². The molecule has 1 heterocycles. The van der Waals surface area contributed by atoms with Crippen LogP contribution in [0.3, 0.4) is 0 Å². The van der Waals surface area contributed by atoms with Crippen LogP contribution in [-0.2, 0) is 17.3 Å². The number of ether oxygens (including phenoxy) is 3. The van der Waals surface area contributed by atoms with Crippen LogP contribution in [0.5, 0.6) is 17.2 Å². The number of halogens is 4. The highest BCUT2D eigenvalue weighted by Crippen LogP contribution is 2.34. The van der Waals surface area contributed by atoms with Gasteiger partial charge in [-0.25, -0.2) is 4.79 Å². The summed E-state index contributed by atoms with van der Waals surface area (Å²) < 4.78 is 59.0. The number of carbonyl (C=O) groups is 1. The van der Waals surface area contributed by atoms with Crippen LogP contribution in [0.25, 0.3) is 22.1 Å². The number of carbonyl (C=O) groups excluding carboxylic acids is 1. The summed E-state index contributed by atoms with van der Waals surface area (Å²) in [4.78, 5) is 24.4. The summed E-state index contributed by atoms with van der Waals surface area (Å²) in [7, 11) is 2.99. The fourth-order valence-electron chi connectivity index (χ4n) is 4.74. The van der Waals surface area contributed by atoms with Crippen molar-refractivity contribution in [2.24, 2.45) is 0 Å². The highest BCUT2D eigenvalue weighted by Gasteiger charge is 2.30. The van der Waals surface area contributed by atoms with E-state index in [4.69, 9.17) is 18.6 Å². The van der Waals surface area contributed by atoms with Crippen LogP contribution < -0.4 is 20.2 Å². The molecule has 0 spiro atoms. The Bertz CT molecular complexity index is 1850. The van der Waals surface area contributed by atoms with Gasteiger partial charge in [0.05, 0.1) is 36.3 Å². The monoisotopic (exact) mass is 685 g/mol. The average molecular weight is 686 g/mol. The maximum Gasteiger partial charge on any atom is 0.416 e. The Morgan fingerprint density at radius 3 is 2.29 bits per heavy atom. The topological polar surface area (TPSA) is 107 Å². The number of hydrogen-bond acceptors (Lipinski definition) is 8. The van der Waals surface area contributed by atoms with E-state index in [2.05, 4.69) is 5.32 Å². The van der Waals surface area contributed by atoms with E-state index in [-0.39, 0.29) is 47.6 Å². The molecule has 1 aromatic heterocycles. The van der Waals surface area contributed by atoms with Crippen molar-refractivity contribution in [1.29, 1.82) is 0 Å². The predicted molar refractivity (Wildman–Crippen MR) is 179 cm³/mol. The van der Waals surface area contributed by atoms with E-state index in [1.165, 1.54) is 31.6 Å². The highest BCUT2D eigenvalue weighted by atomic mass is 35.5. The van der Waals surface area contributed by atoms with Crippen molar-refractivity contribution in [1.82, 2.24) is 5.32 Å². The van der Waals surface area contributed by atoms with E-state index in [9.17, 15) is 27.9 Å². The van der Waals surface area contributed by atoms with Crippen LogP contribution in [-0.4, -0.2) is 44.5 Å². The van der Waals surface area contributed by atoms with Crippen LogP contribution >= 0.6 is 12.4 Å². The standard InChI is InChI=1S/C19H20F3NO2.C17H14O5.ClH/c1-14(12-15-6-5-9-17(13-15)19(20,21)22)23-10-11-25-18(24)16-7-3-2-4-8-16;1-20-11-5-3-10(4-6-11)13-9-22-16-12(15(13)19)7-8-14(18)17(16)21-2;/h2-9,13-14,23H,10-12H2,1H3;3-9,18H,1-2H3;1H. The van der Waals surface area contributed by atoms with Gasteiger partial charge in [0.25, 0.3) is 0 Å². The molecule has 0 aliphatic heterocycles. The summed E-state index contributed by atoms with van der Waals surface area (Å²) >= 11 is 0. The molecule has 5 rings (SSSR count). The zero-order chi connectivity index (χ0) is 34.0. The molecule has 0 fully saturated rings. The largest absolute Gasteiger partial charge is 0.504 e. The molecular weight excluding hydrogens is 651 g/mol. The highest BCUT2D eigenvalue weighted by molar-refractivity contribution is 5.89. The molecule has 0 amide bonds. The van der Waals surface area contributed by atoms with Crippen LogP contribution in [0.2, 0.25) is 0 Å². The summed E-state index contributed by atoms with van der Waals surface area (Å²) in [5, 5.41) is 13.2. The summed E-state index contributed by atoms with van der Waals surface area (Å²) in [6, 6.07) is 24.0. The number of aromatic hydroxyl groups is 1. The summed E-state index contributed by atoms with van der Waals surface area (Å²) in [6.45, 7) is 2.50. The van der Waals surface area contributed by atoms with Crippen molar-refractivity contribution in [2.45, 2.75) is 25.6 Å². The first-order valence-corrected chi connectivity index (χ1v) is 14.6. The van der Waals surface area contributed by atoms with Crippen molar-refractivity contribution in [3.8, 4) is 28.4 Å². The van der Waals surface area contributed by atoms with Gasteiger partial charge in [-0.05, 0) is 66.9 Å². The Morgan fingerprint density at radius 1 is 0.938 bits per heavy atom. The molecule has 0 saturated heterocycles. The van der Waals surface area contributed by atoms with Gasteiger partial charge in [0.1, 0.15) is 18.6 Å². The normalized spacial score (nSPS) is 11.5. The van der Waals surface area contributed by atoms with Crippen molar-refractivity contribution in [3.63, 3.8) is 0 Å². The number of nitrogens with one attached hydrogen (secondary N) is 1. The van der Waals surface area contributed by atoms with Crippen molar-refractivity contribution in [3.05, 3.63) is 124 Å². The number of rotatable bonds is 10. The second-order valence-electron chi connectivity index (χ2n) is 10.5. The second kappa shape index (κ2) is 17.2. The molecule has 0 aliphatic carbocycles. The quantitative estimate of drug-likeness (QED) is 0.114. The lowest BCUT2D eigenvalue weighted by atomic mass is 10.0. The minimum atomic E-state index is -4.34. The van der Waals surface area contributed by atoms with Crippen LogP contribution in [0.4, 0.5) is 13.2 Å². The third-order valence-corrected chi connectivity index (χ3v) is 7.11. The fraction of sp³-hybridized carbons (Fsp3) is 0.222. The smallest absolute Gasteiger partial charge is 0.416 e. The maximum atomic E-state index is 12.7. The number of alkyl halides is 3. The van der Waals surface area contributed by atoms with Gasteiger partial charge in [-0.15, -0.1) is 12.4 Å². The van der Waals surface area contributed by atoms with Crippen molar-refractivity contribution >= 4 is 29.3 Å². The Labute approximate surface area is 281 Å². The van der Waals surface area contributed by atoms with Gasteiger partial charge in [0, 0.05) is 12.6 Å². The molecular formula is C36H35ClF3NO7. The lowest BCUT2D eigenvalue weighted by Gasteiger charge is -2.15. The fourth-order valence-corrected chi connectivity index (χ4v) is 4.74. The minimum absolute atomic E-state index is 0. The molecule has 48 heavy (non-hydrogen) atoms. The molecule has 12 heteroatoms. The van der Waals surface area contributed by atoms with Crippen LogP contribution in [0.15, 0.2) is 106 Å². The lowest BCUT2D eigenvalue weighted by molar-refractivity contribution is -0.137. The number of esters is 1.